The highest BCUT2D eigenvalue weighted by Crippen LogP contribution is 2.59. The summed E-state index contributed by atoms with van der Waals surface area (Å²) in [4.78, 5) is 0. The molecule has 21 heavy (non-hydrogen) atoms. The van der Waals surface area contributed by atoms with Crippen molar-refractivity contribution in [1.82, 2.24) is 5.32 Å². The average Bonchev–Trinajstić information content (AvgIpc) is 2.39. The van der Waals surface area contributed by atoms with Crippen LogP contribution in [0.5, 0.6) is 0 Å². The fraction of sp³-hybridized carbons (Fsp3) is 0.700. The standard InChI is InChI=1S/C20H33N/c1-7-19(8-2)13-20(14-19,15-21-18(4,5)6)17-11-9-16(3)10-12-17/h9-12,21H,7-8,13-15H2,1-6H3. The molecule has 1 saturated carbocycles. The summed E-state index contributed by atoms with van der Waals surface area (Å²) in [5.41, 5.74) is 3.99. The van der Waals surface area contributed by atoms with Crippen LogP contribution < -0.4 is 5.32 Å². The van der Waals surface area contributed by atoms with Crippen LogP contribution in [0.4, 0.5) is 0 Å². The van der Waals surface area contributed by atoms with E-state index in [1.54, 1.807) is 0 Å². The first-order chi connectivity index (χ1) is 9.74. The van der Waals surface area contributed by atoms with Crippen molar-refractivity contribution in [2.75, 3.05) is 6.54 Å². The lowest BCUT2D eigenvalue weighted by Gasteiger charge is -2.57. The van der Waals surface area contributed by atoms with Crippen molar-refractivity contribution in [2.24, 2.45) is 5.41 Å². The predicted molar refractivity (Wildman–Crippen MR) is 92.9 cm³/mol. The van der Waals surface area contributed by atoms with Crippen LogP contribution in [0, 0.1) is 12.3 Å². The van der Waals surface area contributed by atoms with Gasteiger partial charge < -0.3 is 5.32 Å². The summed E-state index contributed by atoms with van der Waals surface area (Å²) >= 11 is 0. The van der Waals surface area contributed by atoms with Gasteiger partial charge in [0, 0.05) is 17.5 Å². The van der Waals surface area contributed by atoms with Gasteiger partial charge in [-0.3, -0.25) is 0 Å². The third-order valence-electron chi connectivity index (χ3n) is 5.55. The average molecular weight is 287 g/mol. The highest BCUT2D eigenvalue weighted by Gasteiger charge is 2.53. The maximum atomic E-state index is 3.76. The van der Waals surface area contributed by atoms with Gasteiger partial charge in [-0.15, -0.1) is 0 Å². The van der Waals surface area contributed by atoms with Crippen molar-refractivity contribution >= 4 is 0 Å². The van der Waals surface area contributed by atoms with Gasteiger partial charge in [0.15, 0.2) is 0 Å². The zero-order chi connectivity index (χ0) is 15.7. The number of benzene rings is 1. The van der Waals surface area contributed by atoms with E-state index in [-0.39, 0.29) is 5.54 Å². The van der Waals surface area contributed by atoms with E-state index in [9.17, 15) is 0 Å². The molecular weight excluding hydrogens is 254 g/mol. The first-order valence-corrected chi connectivity index (χ1v) is 8.56. The van der Waals surface area contributed by atoms with E-state index < -0.39 is 0 Å². The Morgan fingerprint density at radius 3 is 1.95 bits per heavy atom. The molecule has 1 nitrogen and oxygen atoms in total. The number of hydrogen-bond acceptors (Lipinski definition) is 1. The van der Waals surface area contributed by atoms with Crippen LogP contribution in [0.15, 0.2) is 24.3 Å². The summed E-state index contributed by atoms with van der Waals surface area (Å²) < 4.78 is 0. The molecule has 0 saturated heterocycles. The molecule has 0 unspecified atom stereocenters. The zero-order valence-electron chi connectivity index (χ0n) is 14.8. The number of rotatable bonds is 5. The molecule has 1 heteroatoms. The molecule has 0 radical (unpaired) electrons. The quantitative estimate of drug-likeness (QED) is 0.782. The minimum atomic E-state index is 0.189. The summed E-state index contributed by atoms with van der Waals surface area (Å²) in [6.07, 6.45) is 5.29. The molecule has 0 spiro atoms. The van der Waals surface area contributed by atoms with Crippen molar-refractivity contribution < 1.29 is 0 Å². The normalized spacial score (nSPS) is 20.1. The first-order valence-electron chi connectivity index (χ1n) is 8.56. The molecule has 118 valence electrons. The van der Waals surface area contributed by atoms with Gasteiger partial charge in [0.05, 0.1) is 0 Å². The number of nitrogens with one attached hydrogen (secondary N) is 1. The van der Waals surface area contributed by atoms with Gasteiger partial charge in [0.25, 0.3) is 0 Å². The molecule has 1 aromatic carbocycles. The lowest BCUT2D eigenvalue weighted by molar-refractivity contribution is 0.00942. The highest BCUT2D eigenvalue weighted by molar-refractivity contribution is 5.33. The molecule has 0 bridgehead atoms. The Labute approximate surface area is 131 Å². The van der Waals surface area contributed by atoms with Crippen molar-refractivity contribution in [3.63, 3.8) is 0 Å². The second-order valence-electron chi connectivity index (χ2n) is 8.31. The van der Waals surface area contributed by atoms with Crippen LogP contribution >= 0.6 is 0 Å². The van der Waals surface area contributed by atoms with Gasteiger partial charge in [-0.25, -0.2) is 0 Å². The van der Waals surface area contributed by atoms with E-state index in [1.807, 2.05) is 0 Å². The maximum absolute atomic E-state index is 3.76. The van der Waals surface area contributed by atoms with Crippen molar-refractivity contribution in [1.29, 1.82) is 0 Å². The monoisotopic (exact) mass is 287 g/mol. The predicted octanol–water partition coefficient (Wildman–Crippen LogP) is 5.22. The highest BCUT2D eigenvalue weighted by atomic mass is 15.0. The van der Waals surface area contributed by atoms with Crippen molar-refractivity contribution in [3.8, 4) is 0 Å². The fourth-order valence-electron chi connectivity index (χ4n) is 3.91. The molecule has 2 rings (SSSR count). The first kappa shape index (κ1) is 16.5. The molecule has 1 aliphatic carbocycles. The maximum Gasteiger partial charge on any atom is 0.00968 e. The number of aryl methyl sites for hydroxylation is 1. The Hall–Kier alpha value is -0.820. The van der Waals surface area contributed by atoms with Gasteiger partial charge >= 0.3 is 0 Å². The van der Waals surface area contributed by atoms with E-state index >= 15 is 0 Å². The molecule has 1 fully saturated rings. The molecule has 1 aliphatic rings. The second-order valence-corrected chi connectivity index (χ2v) is 8.31. The van der Waals surface area contributed by atoms with Crippen molar-refractivity contribution in [3.05, 3.63) is 35.4 Å². The minimum absolute atomic E-state index is 0.189. The van der Waals surface area contributed by atoms with Crippen LogP contribution in [-0.2, 0) is 5.41 Å². The van der Waals surface area contributed by atoms with E-state index in [0.717, 1.165) is 6.54 Å². The topological polar surface area (TPSA) is 12.0 Å². The third-order valence-corrected chi connectivity index (χ3v) is 5.55. The van der Waals surface area contributed by atoms with Crippen molar-refractivity contribution in [2.45, 2.75) is 78.2 Å². The third kappa shape index (κ3) is 3.51. The van der Waals surface area contributed by atoms with Crippen LogP contribution in [0.1, 0.15) is 71.4 Å². The Balaban J connectivity index is 2.22. The van der Waals surface area contributed by atoms with E-state index in [0.29, 0.717) is 10.8 Å². The second kappa shape index (κ2) is 5.76. The van der Waals surface area contributed by atoms with Crippen LogP contribution in [0.3, 0.4) is 0 Å². The molecule has 1 aromatic rings. The zero-order valence-corrected chi connectivity index (χ0v) is 14.8. The van der Waals surface area contributed by atoms with E-state index in [4.69, 9.17) is 0 Å². The van der Waals surface area contributed by atoms with Gasteiger partial charge in [-0.2, -0.15) is 0 Å². The minimum Gasteiger partial charge on any atom is -0.311 e. The molecular formula is C20H33N. The van der Waals surface area contributed by atoms with Crippen LogP contribution in [0.25, 0.3) is 0 Å². The van der Waals surface area contributed by atoms with Gasteiger partial charge in [0.2, 0.25) is 0 Å². The molecule has 1 N–H and O–H groups in total. The number of hydrogen-bond donors (Lipinski definition) is 1. The molecule has 0 atom stereocenters. The lowest BCUT2D eigenvalue weighted by Crippen LogP contribution is -2.56. The fourth-order valence-corrected chi connectivity index (χ4v) is 3.91. The molecule has 0 heterocycles. The van der Waals surface area contributed by atoms with Gasteiger partial charge in [0.1, 0.15) is 0 Å². The van der Waals surface area contributed by atoms with Crippen LogP contribution in [-0.4, -0.2) is 12.1 Å². The lowest BCUT2D eigenvalue weighted by atomic mass is 9.48. The molecule has 0 aliphatic heterocycles. The summed E-state index contributed by atoms with van der Waals surface area (Å²) in [5, 5.41) is 3.76. The Morgan fingerprint density at radius 2 is 1.52 bits per heavy atom. The van der Waals surface area contributed by atoms with Crippen LogP contribution in [0.2, 0.25) is 0 Å². The van der Waals surface area contributed by atoms with Gasteiger partial charge in [-0.1, -0.05) is 56.5 Å². The van der Waals surface area contributed by atoms with E-state index in [1.165, 1.54) is 36.8 Å². The SMILES string of the molecule is CCC1(CC)CC(CNC(C)(C)C)(c2ccc(C)cc2)C1. The van der Waals surface area contributed by atoms with E-state index in [2.05, 4.69) is 71.1 Å². The summed E-state index contributed by atoms with van der Waals surface area (Å²) in [7, 11) is 0. The Bertz CT molecular complexity index is 452. The van der Waals surface area contributed by atoms with Gasteiger partial charge in [-0.05, 0) is 51.5 Å². The Morgan fingerprint density at radius 1 is 1.00 bits per heavy atom. The summed E-state index contributed by atoms with van der Waals surface area (Å²) in [6.45, 7) is 14.8. The Kier molecular flexibility index (Phi) is 4.54. The molecule has 0 amide bonds. The smallest absolute Gasteiger partial charge is 0.00968 e. The molecule has 0 aromatic heterocycles. The largest absolute Gasteiger partial charge is 0.311 e. The summed E-state index contributed by atoms with van der Waals surface area (Å²) in [6, 6.07) is 9.25. The summed E-state index contributed by atoms with van der Waals surface area (Å²) in [5.74, 6) is 0.